The molecule has 1 aliphatic heterocycles. The second kappa shape index (κ2) is 6.55. The van der Waals surface area contributed by atoms with E-state index in [9.17, 15) is 4.79 Å². The second-order valence-electron chi connectivity index (χ2n) is 4.72. The van der Waals surface area contributed by atoms with E-state index in [4.69, 9.17) is 5.73 Å². The second-order valence-corrected chi connectivity index (χ2v) is 5.86. The topological polar surface area (TPSA) is 46.3 Å². The first-order chi connectivity index (χ1) is 8.11. The van der Waals surface area contributed by atoms with Gasteiger partial charge in [-0.15, -0.1) is 23.7 Å². The normalized spacial score (nSPS) is 19.5. The number of halogens is 1. The molecule has 0 bridgehead atoms. The maximum atomic E-state index is 12.3. The maximum absolute atomic E-state index is 12.3. The minimum atomic E-state index is 0. The average molecular weight is 289 g/mol. The van der Waals surface area contributed by atoms with Crippen LogP contribution in [-0.4, -0.2) is 29.9 Å². The van der Waals surface area contributed by atoms with Crippen molar-refractivity contribution < 1.29 is 4.79 Å². The molecule has 1 unspecified atom stereocenters. The first kappa shape index (κ1) is 15.5. The van der Waals surface area contributed by atoms with Gasteiger partial charge in [0.1, 0.15) is 0 Å². The van der Waals surface area contributed by atoms with Gasteiger partial charge in [-0.05, 0) is 37.8 Å². The van der Waals surface area contributed by atoms with Crippen LogP contribution in [0.2, 0.25) is 0 Å². The molecule has 1 fully saturated rings. The highest BCUT2D eigenvalue weighted by Crippen LogP contribution is 2.24. The lowest BCUT2D eigenvalue weighted by molar-refractivity contribution is 0.0713. The van der Waals surface area contributed by atoms with Gasteiger partial charge in [0, 0.05) is 24.0 Å². The van der Waals surface area contributed by atoms with E-state index >= 15 is 0 Å². The van der Waals surface area contributed by atoms with Crippen LogP contribution in [0.5, 0.6) is 0 Å². The number of aryl methyl sites for hydroxylation is 2. The van der Waals surface area contributed by atoms with E-state index < -0.39 is 0 Å². The van der Waals surface area contributed by atoms with Crippen LogP contribution in [0.4, 0.5) is 0 Å². The van der Waals surface area contributed by atoms with Crippen molar-refractivity contribution in [3.05, 3.63) is 21.4 Å². The van der Waals surface area contributed by atoms with E-state index in [-0.39, 0.29) is 24.4 Å². The third-order valence-corrected chi connectivity index (χ3v) is 4.67. The lowest BCUT2D eigenvalue weighted by Crippen LogP contribution is -2.45. The Morgan fingerprint density at radius 2 is 2.33 bits per heavy atom. The zero-order valence-corrected chi connectivity index (χ0v) is 12.6. The molecule has 0 aromatic carbocycles. The summed E-state index contributed by atoms with van der Waals surface area (Å²) in [6.45, 7) is 5.76. The zero-order valence-electron chi connectivity index (χ0n) is 10.9. The van der Waals surface area contributed by atoms with Crippen molar-refractivity contribution >= 4 is 29.7 Å². The summed E-state index contributed by atoms with van der Waals surface area (Å²) in [6, 6.07) is 2.17. The van der Waals surface area contributed by atoms with Gasteiger partial charge in [-0.3, -0.25) is 4.79 Å². The Bertz CT molecular complexity index is 419. The molecule has 5 heteroatoms. The highest BCUT2D eigenvalue weighted by Gasteiger charge is 2.23. The van der Waals surface area contributed by atoms with E-state index in [1.165, 1.54) is 10.4 Å². The summed E-state index contributed by atoms with van der Waals surface area (Å²) in [7, 11) is 0. The monoisotopic (exact) mass is 288 g/mol. The molecule has 3 nitrogen and oxygen atoms in total. The Labute approximate surface area is 119 Å². The van der Waals surface area contributed by atoms with Crippen LogP contribution in [0.25, 0.3) is 0 Å². The fraction of sp³-hybridized carbons (Fsp3) is 0.615. The fourth-order valence-electron chi connectivity index (χ4n) is 2.33. The van der Waals surface area contributed by atoms with E-state index in [1.54, 1.807) is 11.3 Å². The Morgan fingerprint density at radius 1 is 1.61 bits per heavy atom. The number of amides is 1. The van der Waals surface area contributed by atoms with Crippen LogP contribution in [0.15, 0.2) is 6.07 Å². The Morgan fingerprint density at radius 3 is 2.89 bits per heavy atom. The van der Waals surface area contributed by atoms with Gasteiger partial charge in [-0.2, -0.15) is 0 Å². The molecule has 0 radical (unpaired) electrons. The molecule has 1 atom stereocenters. The summed E-state index contributed by atoms with van der Waals surface area (Å²) in [5.41, 5.74) is 7.15. The first-order valence-electron chi connectivity index (χ1n) is 6.26. The molecule has 0 spiro atoms. The Hall–Kier alpha value is -0.580. The largest absolute Gasteiger partial charge is 0.336 e. The van der Waals surface area contributed by atoms with Gasteiger partial charge in [0.15, 0.2) is 0 Å². The van der Waals surface area contributed by atoms with Crippen LogP contribution in [0, 0.1) is 6.92 Å². The third-order valence-electron chi connectivity index (χ3n) is 3.30. The van der Waals surface area contributed by atoms with Crippen molar-refractivity contribution in [1.82, 2.24) is 4.90 Å². The standard InChI is InChI=1S/C13H20N2OS.ClH/c1-3-11-9(2)7-12(17-11)13(16)15-6-4-5-10(14)8-15;/h7,10H,3-6,8,14H2,1-2H3;1H. The van der Waals surface area contributed by atoms with E-state index in [1.807, 2.05) is 11.0 Å². The number of nitrogens with two attached hydrogens (primary N) is 1. The van der Waals surface area contributed by atoms with Crippen LogP contribution < -0.4 is 5.73 Å². The van der Waals surface area contributed by atoms with Crippen molar-refractivity contribution in [2.75, 3.05) is 13.1 Å². The number of carbonyl (C=O) groups excluding carboxylic acids is 1. The fourth-order valence-corrected chi connectivity index (χ4v) is 3.41. The van der Waals surface area contributed by atoms with Gasteiger partial charge < -0.3 is 10.6 Å². The molecule has 1 amide bonds. The Balaban J connectivity index is 0.00000162. The number of hydrogen-bond acceptors (Lipinski definition) is 3. The smallest absolute Gasteiger partial charge is 0.263 e. The van der Waals surface area contributed by atoms with Crippen molar-refractivity contribution in [2.24, 2.45) is 5.73 Å². The molecular formula is C13H21ClN2OS. The predicted octanol–water partition coefficient (Wildman–Crippen LogP) is 2.60. The lowest BCUT2D eigenvalue weighted by atomic mass is 10.1. The molecule has 18 heavy (non-hydrogen) atoms. The summed E-state index contributed by atoms with van der Waals surface area (Å²) in [4.78, 5) is 16.4. The predicted molar refractivity (Wildman–Crippen MR) is 78.8 cm³/mol. The van der Waals surface area contributed by atoms with Crippen molar-refractivity contribution in [2.45, 2.75) is 39.2 Å². The number of likely N-dealkylation sites (tertiary alicyclic amines) is 1. The highest BCUT2D eigenvalue weighted by atomic mass is 35.5. The number of piperidine rings is 1. The first-order valence-corrected chi connectivity index (χ1v) is 7.07. The summed E-state index contributed by atoms with van der Waals surface area (Å²) in [5.74, 6) is 0.160. The summed E-state index contributed by atoms with van der Waals surface area (Å²) in [6.07, 6.45) is 3.06. The van der Waals surface area contributed by atoms with E-state index in [0.717, 1.165) is 30.7 Å². The molecular weight excluding hydrogens is 268 g/mol. The molecule has 0 aliphatic carbocycles. The zero-order chi connectivity index (χ0) is 12.4. The van der Waals surface area contributed by atoms with Gasteiger partial charge in [-0.1, -0.05) is 6.92 Å². The van der Waals surface area contributed by atoms with Crippen LogP contribution in [0.3, 0.4) is 0 Å². The molecule has 2 heterocycles. The van der Waals surface area contributed by atoms with Gasteiger partial charge >= 0.3 is 0 Å². The number of carbonyl (C=O) groups is 1. The average Bonchev–Trinajstić information content (AvgIpc) is 2.69. The molecule has 0 saturated carbocycles. The van der Waals surface area contributed by atoms with Gasteiger partial charge in [0.2, 0.25) is 0 Å². The van der Waals surface area contributed by atoms with Crippen molar-refractivity contribution in [3.8, 4) is 0 Å². The number of hydrogen-bond donors (Lipinski definition) is 1. The van der Waals surface area contributed by atoms with E-state index in [0.29, 0.717) is 6.54 Å². The third kappa shape index (κ3) is 3.25. The van der Waals surface area contributed by atoms with Gasteiger partial charge in [0.25, 0.3) is 5.91 Å². The molecule has 102 valence electrons. The molecule has 1 aromatic rings. The molecule has 2 N–H and O–H groups in total. The minimum absolute atomic E-state index is 0. The van der Waals surface area contributed by atoms with E-state index in [2.05, 4.69) is 13.8 Å². The van der Waals surface area contributed by atoms with Crippen LogP contribution in [-0.2, 0) is 6.42 Å². The molecule has 2 rings (SSSR count). The number of nitrogens with zero attached hydrogens (tertiary/aromatic N) is 1. The van der Waals surface area contributed by atoms with Crippen molar-refractivity contribution in [3.63, 3.8) is 0 Å². The highest BCUT2D eigenvalue weighted by molar-refractivity contribution is 7.14. The number of rotatable bonds is 2. The van der Waals surface area contributed by atoms with Crippen LogP contribution in [0.1, 0.15) is 39.9 Å². The summed E-state index contributed by atoms with van der Waals surface area (Å²) in [5, 5.41) is 0. The number of thiophene rings is 1. The van der Waals surface area contributed by atoms with Gasteiger partial charge in [0.05, 0.1) is 4.88 Å². The SMILES string of the molecule is CCc1sc(C(=O)N2CCCC(N)C2)cc1C.Cl. The lowest BCUT2D eigenvalue weighted by Gasteiger charge is -2.30. The molecule has 1 aliphatic rings. The maximum Gasteiger partial charge on any atom is 0.263 e. The van der Waals surface area contributed by atoms with Crippen molar-refractivity contribution in [1.29, 1.82) is 0 Å². The quantitative estimate of drug-likeness (QED) is 0.909. The summed E-state index contributed by atoms with van der Waals surface area (Å²) < 4.78 is 0. The molecule has 1 aromatic heterocycles. The van der Waals surface area contributed by atoms with Gasteiger partial charge in [-0.25, -0.2) is 0 Å². The summed E-state index contributed by atoms with van der Waals surface area (Å²) >= 11 is 1.63. The van der Waals surface area contributed by atoms with Crippen LogP contribution >= 0.6 is 23.7 Å². The Kier molecular flexibility index (Phi) is 5.63. The minimum Gasteiger partial charge on any atom is -0.336 e. The molecule has 1 saturated heterocycles.